The molecule has 1 nitrogen and oxygen atoms in total. The summed E-state index contributed by atoms with van der Waals surface area (Å²) < 4.78 is 1.06. The molecule has 0 saturated heterocycles. The van der Waals surface area contributed by atoms with E-state index in [9.17, 15) is 0 Å². The van der Waals surface area contributed by atoms with Crippen molar-refractivity contribution in [2.75, 3.05) is 5.73 Å². The molecule has 0 unspecified atom stereocenters. The summed E-state index contributed by atoms with van der Waals surface area (Å²) in [5.74, 6) is 0. The summed E-state index contributed by atoms with van der Waals surface area (Å²) in [4.78, 5) is 0. The molecule has 1 heterocycles. The second-order valence-corrected chi connectivity index (χ2v) is 3.03. The molecule has 0 saturated carbocycles. The maximum Gasteiger partial charge on any atom is 0.0868 e. The number of halogens is 2. The zero-order valence-corrected chi connectivity index (χ0v) is 7.15. The van der Waals surface area contributed by atoms with Crippen LogP contribution >= 0.6 is 39.7 Å². The maximum absolute atomic E-state index is 5.37. The lowest BCUT2D eigenvalue weighted by Crippen LogP contribution is -1.72. The lowest BCUT2D eigenvalue weighted by Gasteiger charge is -1.70. The average Bonchev–Trinajstić information content (AvgIpc) is 1.87. The predicted molar refractivity (Wildman–Crippen MR) is 43.7 cm³/mol. The van der Waals surface area contributed by atoms with Gasteiger partial charge in [0, 0.05) is 9.85 Å². The predicted octanol–water partition coefficient (Wildman–Crippen LogP) is 2.51. The Morgan fingerprint density at radius 3 is 2.38 bits per heavy atom. The van der Waals surface area contributed by atoms with E-state index in [0.717, 1.165) is 9.47 Å². The zero-order valence-electron chi connectivity index (χ0n) is 3.93. The van der Waals surface area contributed by atoms with Crippen molar-refractivity contribution in [3.8, 4) is 0 Å². The van der Waals surface area contributed by atoms with Crippen molar-refractivity contribution >= 4 is 44.7 Å². The van der Waals surface area contributed by atoms with E-state index in [4.69, 9.17) is 5.73 Å². The van der Waals surface area contributed by atoms with Crippen LogP contribution in [0.4, 0.5) is 5.00 Å². The fourth-order valence-corrected chi connectivity index (χ4v) is 1.52. The van der Waals surface area contributed by atoms with Gasteiger partial charge in [0.1, 0.15) is 0 Å². The molecular formula is C4H5BrClNS. The van der Waals surface area contributed by atoms with Crippen molar-refractivity contribution in [2.24, 2.45) is 0 Å². The Labute approximate surface area is 66.4 Å². The Morgan fingerprint density at radius 1 is 1.62 bits per heavy atom. The highest BCUT2D eigenvalue weighted by atomic mass is 79.9. The fraction of sp³-hybridized carbons (Fsp3) is 0. The summed E-state index contributed by atoms with van der Waals surface area (Å²) in [6.45, 7) is 0. The molecule has 46 valence electrons. The van der Waals surface area contributed by atoms with Gasteiger partial charge in [0.15, 0.2) is 0 Å². The Morgan fingerprint density at radius 2 is 2.25 bits per heavy atom. The van der Waals surface area contributed by atoms with Gasteiger partial charge in [-0.2, -0.15) is 0 Å². The molecule has 0 aliphatic heterocycles. The van der Waals surface area contributed by atoms with Crippen LogP contribution in [0.15, 0.2) is 15.9 Å². The van der Waals surface area contributed by atoms with Crippen LogP contribution in [0.3, 0.4) is 0 Å². The summed E-state index contributed by atoms with van der Waals surface area (Å²) in [5.41, 5.74) is 5.37. The van der Waals surface area contributed by atoms with Gasteiger partial charge in [-0.05, 0) is 22.0 Å². The summed E-state index contributed by atoms with van der Waals surface area (Å²) in [5, 5.41) is 2.81. The van der Waals surface area contributed by atoms with Gasteiger partial charge in [0.25, 0.3) is 0 Å². The van der Waals surface area contributed by atoms with Crippen molar-refractivity contribution in [3.05, 3.63) is 15.9 Å². The van der Waals surface area contributed by atoms with Crippen LogP contribution in [0.5, 0.6) is 0 Å². The van der Waals surface area contributed by atoms with Gasteiger partial charge in [0.05, 0.1) is 5.00 Å². The monoisotopic (exact) mass is 213 g/mol. The number of nitrogens with two attached hydrogens (primary N) is 1. The van der Waals surface area contributed by atoms with E-state index in [1.54, 1.807) is 0 Å². The van der Waals surface area contributed by atoms with Crippen LogP contribution in [-0.2, 0) is 0 Å². The molecule has 0 amide bonds. The third-order valence-electron chi connectivity index (χ3n) is 0.588. The van der Waals surface area contributed by atoms with Crippen LogP contribution < -0.4 is 5.73 Å². The molecular weight excluding hydrogens is 209 g/mol. The fourth-order valence-electron chi connectivity index (χ4n) is 0.328. The Balaban J connectivity index is 0.000000490. The van der Waals surface area contributed by atoms with Gasteiger partial charge in [-0.3, -0.25) is 0 Å². The molecule has 1 aromatic heterocycles. The number of anilines is 1. The molecule has 2 N–H and O–H groups in total. The zero-order chi connectivity index (χ0) is 5.28. The highest BCUT2D eigenvalue weighted by molar-refractivity contribution is 9.10. The number of rotatable bonds is 0. The highest BCUT2D eigenvalue weighted by Gasteiger charge is 1.86. The Kier molecular flexibility index (Phi) is 3.44. The van der Waals surface area contributed by atoms with E-state index in [0.29, 0.717) is 0 Å². The van der Waals surface area contributed by atoms with Gasteiger partial charge in [-0.15, -0.1) is 23.7 Å². The first kappa shape index (κ1) is 8.27. The number of hydrogen-bond acceptors (Lipinski definition) is 2. The van der Waals surface area contributed by atoms with Crippen LogP contribution in [0.25, 0.3) is 0 Å². The van der Waals surface area contributed by atoms with Gasteiger partial charge in [-0.1, -0.05) is 0 Å². The molecule has 0 spiro atoms. The molecule has 0 radical (unpaired) electrons. The molecule has 1 aromatic rings. The second kappa shape index (κ2) is 3.33. The summed E-state index contributed by atoms with van der Waals surface area (Å²) in [7, 11) is 0. The molecule has 0 bridgehead atoms. The van der Waals surface area contributed by atoms with Gasteiger partial charge in [0.2, 0.25) is 0 Å². The number of hydrogen-bond donors (Lipinski definition) is 1. The van der Waals surface area contributed by atoms with Crippen molar-refractivity contribution < 1.29 is 0 Å². The Hall–Kier alpha value is 0.270. The minimum atomic E-state index is 0. The lowest BCUT2D eigenvalue weighted by atomic mass is 10.6. The molecule has 0 atom stereocenters. The topological polar surface area (TPSA) is 26.0 Å². The molecule has 0 aliphatic carbocycles. The van der Waals surface area contributed by atoms with Crippen LogP contribution in [0, 0.1) is 0 Å². The van der Waals surface area contributed by atoms with Gasteiger partial charge >= 0.3 is 0 Å². The van der Waals surface area contributed by atoms with Crippen molar-refractivity contribution in [2.45, 2.75) is 0 Å². The molecule has 1 rings (SSSR count). The quantitative estimate of drug-likeness (QED) is 0.706. The van der Waals surface area contributed by atoms with Crippen LogP contribution in [0.2, 0.25) is 0 Å². The highest BCUT2D eigenvalue weighted by Crippen LogP contribution is 2.20. The van der Waals surface area contributed by atoms with E-state index < -0.39 is 0 Å². The Bertz CT molecular complexity index is 148. The molecule has 0 aliphatic rings. The minimum Gasteiger partial charge on any atom is -0.391 e. The first-order valence-electron chi connectivity index (χ1n) is 1.78. The number of thiophene rings is 1. The third kappa shape index (κ3) is 2.03. The maximum atomic E-state index is 5.37. The van der Waals surface area contributed by atoms with E-state index >= 15 is 0 Å². The normalized spacial score (nSPS) is 8.12. The smallest absolute Gasteiger partial charge is 0.0868 e. The van der Waals surface area contributed by atoms with Crippen LogP contribution in [0.1, 0.15) is 0 Å². The minimum absolute atomic E-state index is 0. The first-order chi connectivity index (χ1) is 3.29. The SMILES string of the molecule is Cl.Nc1cc(Br)cs1. The molecule has 0 aromatic carbocycles. The first-order valence-corrected chi connectivity index (χ1v) is 3.46. The third-order valence-corrected chi connectivity index (χ3v) is 2.11. The lowest BCUT2D eigenvalue weighted by molar-refractivity contribution is 1.86. The van der Waals surface area contributed by atoms with Gasteiger partial charge in [-0.25, -0.2) is 0 Å². The van der Waals surface area contributed by atoms with Crippen molar-refractivity contribution in [1.82, 2.24) is 0 Å². The molecule has 4 heteroatoms. The summed E-state index contributed by atoms with van der Waals surface area (Å²) >= 11 is 4.80. The summed E-state index contributed by atoms with van der Waals surface area (Å²) in [6.07, 6.45) is 0. The van der Waals surface area contributed by atoms with Crippen molar-refractivity contribution in [1.29, 1.82) is 0 Å². The summed E-state index contributed by atoms with van der Waals surface area (Å²) in [6, 6.07) is 1.88. The van der Waals surface area contributed by atoms with E-state index in [1.807, 2.05) is 11.4 Å². The second-order valence-electron chi connectivity index (χ2n) is 1.17. The van der Waals surface area contributed by atoms with E-state index in [-0.39, 0.29) is 12.4 Å². The molecule has 8 heavy (non-hydrogen) atoms. The van der Waals surface area contributed by atoms with E-state index in [2.05, 4.69) is 15.9 Å². The van der Waals surface area contributed by atoms with Gasteiger partial charge < -0.3 is 5.73 Å². The largest absolute Gasteiger partial charge is 0.391 e. The van der Waals surface area contributed by atoms with E-state index in [1.165, 1.54) is 11.3 Å². The molecule has 0 fully saturated rings. The van der Waals surface area contributed by atoms with Crippen LogP contribution in [-0.4, -0.2) is 0 Å². The average molecular weight is 215 g/mol. The van der Waals surface area contributed by atoms with Crippen molar-refractivity contribution in [3.63, 3.8) is 0 Å². The number of nitrogen functional groups attached to an aromatic ring is 1. The standard InChI is InChI=1S/C4H4BrNS.ClH/c5-3-1-4(6)7-2-3;/h1-2H,6H2;1H.